The first-order chi connectivity index (χ1) is 20.1. The van der Waals surface area contributed by atoms with Crippen molar-refractivity contribution in [3.63, 3.8) is 0 Å². The van der Waals surface area contributed by atoms with Gasteiger partial charge >= 0.3 is 7.82 Å². The van der Waals surface area contributed by atoms with E-state index < -0.39 is 38.8 Å². The van der Waals surface area contributed by atoms with Crippen molar-refractivity contribution in [3.8, 4) is 11.5 Å². The lowest BCUT2D eigenvalue weighted by Crippen LogP contribution is -2.39. The molecule has 0 radical (unpaired) electrons. The fourth-order valence-electron chi connectivity index (χ4n) is 4.18. The molecule has 2 aromatic heterocycles. The van der Waals surface area contributed by atoms with Crippen molar-refractivity contribution in [1.82, 2.24) is 24.8 Å². The Kier molecular flexibility index (Phi) is 8.97. The molecule has 1 aliphatic rings. The van der Waals surface area contributed by atoms with Crippen molar-refractivity contribution < 1.29 is 38.0 Å². The Morgan fingerprint density at radius 1 is 1.21 bits per heavy atom. The number of anilines is 1. The molecular formula is C25H25ClN7O8P. The summed E-state index contributed by atoms with van der Waals surface area (Å²) in [5.74, 6) is 0.817. The highest BCUT2D eigenvalue weighted by Gasteiger charge is 2.41. The van der Waals surface area contributed by atoms with Crippen LogP contribution in [-0.2, 0) is 23.5 Å². The van der Waals surface area contributed by atoms with Gasteiger partial charge in [0.1, 0.15) is 41.8 Å². The predicted octanol–water partition coefficient (Wildman–Crippen LogP) is 2.79. The maximum absolute atomic E-state index is 12.4. The quantitative estimate of drug-likeness (QED) is 0.109. The number of rotatable bonds is 11. The maximum Gasteiger partial charge on any atom is 0.469 e. The van der Waals surface area contributed by atoms with Crippen molar-refractivity contribution in [3.05, 3.63) is 71.8 Å². The van der Waals surface area contributed by atoms with E-state index in [-0.39, 0.29) is 18.8 Å². The number of aromatic nitrogens is 4. The highest BCUT2D eigenvalue weighted by Crippen LogP contribution is 2.44. The Labute approximate surface area is 243 Å². The number of imidazole rings is 1. The number of phosphoric acid groups is 1. The minimum atomic E-state index is -4.86. The number of hydrogen-bond acceptors (Lipinski definition) is 11. The molecular weight excluding hydrogens is 593 g/mol. The van der Waals surface area contributed by atoms with Gasteiger partial charge in [-0.2, -0.15) is 0 Å². The van der Waals surface area contributed by atoms with E-state index in [0.717, 1.165) is 0 Å². The third kappa shape index (κ3) is 7.59. The summed E-state index contributed by atoms with van der Waals surface area (Å²) in [6.45, 7) is -0.541. The van der Waals surface area contributed by atoms with Crippen LogP contribution in [0.3, 0.4) is 0 Å². The smallest absolute Gasteiger partial charge is 0.457 e. The number of nitrogens with zero attached hydrogens (tertiary/aromatic N) is 5. The van der Waals surface area contributed by atoms with E-state index in [0.29, 0.717) is 33.2 Å². The molecule has 3 atom stereocenters. The van der Waals surface area contributed by atoms with Crippen LogP contribution in [0, 0.1) is 0 Å². The summed E-state index contributed by atoms with van der Waals surface area (Å²) in [6.07, 6.45) is 1.46. The van der Waals surface area contributed by atoms with Gasteiger partial charge in [-0.15, -0.1) is 0 Å². The van der Waals surface area contributed by atoms with Crippen LogP contribution in [0.15, 0.2) is 66.3 Å². The number of halogens is 1. The summed E-state index contributed by atoms with van der Waals surface area (Å²) in [5, 5.41) is 7.01. The van der Waals surface area contributed by atoms with E-state index in [1.54, 1.807) is 53.1 Å². The fourth-order valence-corrected chi connectivity index (χ4v) is 4.88. The van der Waals surface area contributed by atoms with Gasteiger partial charge < -0.3 is 35.1 Å². The van der Waals surface area contributed by atoms with Crippen LogP contribution < -0.4 is 15.8 Å². The van der Waals surface area contributed by atoms with Crippen LogP contribution >= 0.6 is 19.4 Å². The number of oxime groups is 1. The average molecular weight is 618 g/mol. The molecule has 15 nitrogen and oxygen atoms in total. The molecule has 1 fully saturated rings. The van der Waals surface area contributed by atoms with Crippen molar-refractivity contribution in [1.29, 1.82) is 0 Å². The van der Waals surface area contributed by atoms with Gasteiger partial charge in [0.25, 0.3) is 5.91 Å². The second-order valence-corrected chi connectivity index (χ2v) is 10.7. The largest absolute Gasteiger partial charge is 0.469 e. The van der Waals surface area contributed by atoms with Crippen molar-refractivity contribution in [2.45, 2.75) is 24.9 Å². The summed E-state index contributed by atoms with van der Waals surface area (Å²) in [6, 6.07) is 14.0. The number of carbonyl (C=O) groups excluding carboxylic acids is 1. The van der Waals surface area contributed by atoms with Gasteiger partial charge in [0, 0.05) is 18.0 Å². The molecule has 17 heteroatoms. The predicted molar refractivity (Wildman–Crippen MR) is 150 cm³/mol. The van der Waals surface area contributed by atoms with Crippen LogP contribution in [0.5, 0.6) is 11.5 Å². The van der Waals surface area contributed by atoms with Crippen molar-refractivity contribution in [2.75, 3.05) is 18.9 Å². The number of nitrogen functional groups attached to an aromatic ring is 1. The zero-order chi connectivity index (χ0) is 29.7. The zero-order valence-corrected chi connectivity index (χ0v) is 23.3. The Balaban J connectivity index is 1.14. The first kappa shape index (κ1) is 29.4. The summed E-state index contributed by atoms with van der Waals surface area (Å²) >= 11 is 5.90. The highest BCUT2D eigenvalue weighted by molar-refractivity contribution is 7.46. The highest BCUT2D eigenvalue weighted by atomic mass is 35.5. The molecule has 2 aromatic carbocycles. The van der Waals surface area contributed by atoms with Crippen LogP contribution in [0.1, 0.15) is 18.2 Å². The third-order valence-corrected chi connectivity index (χ3v) is 6.83. The van der Waals surface area contributed by atoms with Gasteiger partial charge in [0.2, 0.25) is 0 Å². The van der Waals surface area contributed by atoms with Crippen LogP contribution in [0.4, 0.5) is 5.82 Å². The minimum Gasteiger partial charge on any atom is -0.457 e. The second-order valence-electron chi connectivity index (χ2n) is 9.02. The van der Waals surface area contributed by atoms with Crippen molar-refractivity contribution in [2.24, 2.45) is 5.16 Å². The number of nitrogens with two attached hydrogens (primary N) is 1. The van der Waals surface area contributed by atoms with E-state index in [1.165, 1.54) is 18.9 Å². The van der Waals surface area contributed by atoms with Crippen LogP contribution in [-0.4, -0.2) is 66.8 Å². The zero-order valence-electron chi connectivity index (χ0n) is 21.7. The second kappa shape index (κ2) is 12.8. The molecule has 0 saturated carbocycles. The Bertz CT molecular complexity index is 1630. The molecule has 220 valence electrons. The number of ether oxygens (including phenoxy) is 2. The monoisotopic (exact) mass is 617 g/mol. The number of nitrogens with one attached hydrogen (secondary N) is 1. The third-order valence-electron chi connectivity index (χ3n) is 6.03. The van der Waals surface area contributed by atoms with E-state index in [9.17, 15) is 19.1 Å². The summed E-state index contributed by atoms with van der Waals surface area (Å²) < 4.78 is 29.8. The van der Waals surface area contributed by atoms with Gasteiger partial charge in [0.05, 0.1) is 12.5 Å². The number of benzene rings is 2. The molecule has 0 unspecified atom stereocenters. The molecule has 0 aliphatic carbocycles. The SMILES string of the molecule is Nc1ncnc2c1ncn2[C@H]1C[C@H](OP(=O)(O)O)[C@@H](CNC(=O)CO/N=C/c2cccc(Oc3ccc(Cl)cc3)c2)O1. The van der Waals surface area contributed by atoms with Gasteiger partial charge in [-0.05, 0) is 42.0 Å². The fraction of sp³-hybridized carbons (Fsp3) is 0.240. The molecule has 1 saturated heterocycles. The van der Waals surface area contributed by atoms with Gasteiger partial charge in [0.15, 0.2) is 18.1 Å². The Morgan fingerprint density at radius 2 is 2.02 bits per heavy atom. The molecule has 0 spiro atoms. The minimum absolute atomic E-state index is 0.0443. The summed E-state index contributed by atoms with van der Waals surface area (Å²) in [7, 11) is -4.86. The molecule has 4 aromatic rings. The Hall–Kier alpha value is -4.11. The van der Waals surface area contributed by atoms with Gasteiger partial charge in [-0.25, -0.2) is 19.5 Å². The van der Waals surface area contributed by atoms with Gasteiger partial charge in [-0.3, -0.25) is 13.9 Å². The number of carbonyl (C=O) groups is 1. The number of fused-ring (bicyclic) bond motifs is 1. The lowest BCUT2D eigenvalue weighted by molar-refractivity contribution is -0.126. The van der Waals surface area contributed by atoms with Crippen LogP contribution in [0.25, 0.3) is 11.2 Å². The molecule has 1 amide bonds. The van der Waals surface area contributed by atoms with E-state index >= 15 is 0 Å². The summed E-state index contributed by atoms with van der Waals surface area (Å²) in [5.41, 5.74) is 7.23. The molecule has 5 N–H and O–H groups in total. The number of hydrogen-bond donors (Lipinski definition) is 4. The van der Waals surface area contributed by atoms with E-state index in [4.69, 9.17) is 36.2 Å². The maximum atomic E-state index is 12.4. The molecule has 3 heterocycles. The molecule has 0 bridgehead atoms. The molecule has 5 rings (SSSR count). The normalized spacial score (nSPS) is 18.9. The Morgan fingerprint density at radius 3 is 2.81 bits per heavy atom. The van der Waals surface area contributed by atoms with Gasteiger partial charge in [-0.1, -0.05) is 28.9 Å². The van der Waals surface area contributed by atoms with E-state index in [1.807, 2.05) is 0 Å². The van der Waals surface area contributed by atoms with Crippen molar-refractivity contribution >= 4 is 48.5 Å². The standard InChI is InChI=1S/C25H25ClN7O8P/c26-16-4-6-17(7-5-16)39-18-3-1-2-15(8-18)10-32-38-12-21(34)28-11-20-19(41-42(35,36)37)9-22(40-20)33-14-31-23-24(27)29-13-30-25(23)33/h1-8,10,13-14,19-20,22H,9,11-12H2,(H,28,34)(H2,27,29,30)(H2,35,36,37)/b32-10+/t19-,20+,22+/m0/s1. The molecule has 42 heavy (non-hydrogen) atoms. The van der Waals surface area contributed by atoms with Crippen LogP contribution in [0.2, 0.25) is 5.02 Å². The summed E-state index contributed by atoms with van der Waals surface area (Å²) in [4.78, 5) is 48.5. The lowest BCUT2D eigenvalue weighted by atomic mass is 10.2. The first-order valence-corrected chi connectivity index (χ1v) is 14.3. The topological polar surface area (TPSA) is 206 Å². The first-order valence-electron chi connectivity index (χ1n) is 12.4. The number of phosphoric ester groups is 1. The average Bonchev–Trinajstić information content (AvgIpc) is 3.55. The lowest BCUT2D eigenvalue weighted by Gasteiger charge is -2.19. The van der Waals surface area contributed by atoms with E-state index in [2.05, 4.69) is 25.4 Å². The number of amides is 1. The molecule has 1 aliphatic heterocycles.